The van der Waals surface area contributed by atoms with Crippen LogP contribution in [0, 0.1) is 0 Å². The van der Waals surface area contributed by atoms with E-state index in [1.807, 2.05) is 0 Å². The zero-order valence-electron chi connectivity index (χ0n) is 11.1. The van der Waals surface area contributed by atoms with Gasteiger partial charge in [0.1, 0.15) is 0 Å². The maximum Gasteiger partial charge on any atom is 0.263 e. The highest BCUT2D eigenvalue weighted by molar-refractivity contribution is 5.26. The molecule has 0 aromatic heterocycles. The highest BCUT2D eigenvalue weighted by atomic mass is 19.3. The topological polar surface area (TPSA) is 38.5 Å². The number of hydrogen-bond acceptors (Lipinski definition) is 3. The molecule has 0 radical (unpaired) electrons. The molecule has 1 aliphatic heterocycles. The molecule has 2 atom stereocenters. The molecule has 1 aliphatic rings. The van der Waals surface area contributed by atoms with Crippen molar-refractivity contribution in [2.75, 3.05) is 26.7 Å². The summed E-state index contributed by atoms with van der Waals surface area (Å²) in [5.41, 5.74) is 6.88. The van der Waals surface area contributed by atoms with Gasteiger partial charge >= 0.3 is 0 Å². The molecule has 1 aromatic rings. The Balaban J connectivity index is 2.09. The average Bonchev–Trinajstić information content (AvgIpc) is 2.89. The molecular formula is C14H20F2N2O. The lowest BCUT2D eigenvalue weighted by atomic mass is 10.0. The van der Waals surface area contributed by atoms with E-state index in [4.69, 9.17) is 10.5 Å². The number of nitrogens with two attached hydrogens (primary N) is 1. The van der Waals surface area contributed by atoms with Crippen LogP contribution in [-0.2, 0) is 4.74 Å². The summed E-state index contributed by atoms with van der Waals surface area (Å²) in [6, 6.07) is 6.53. The highest BCUT2D eigenvalue weighted by Crippen LogP contribution is 2.27. The monoisotopic (exact) mass is 270 g/mol. The van der Waals surface area contributed by atoms with Crippen LogP contribution in [0.1, 0.15) is 30.0 Å². The second-order valence-electron chi connectivity index (χ2n) is 4.86. The van der Waals surface area contributed by atoms with Gasteiger partial charge in [-0.2, -0.15) is 0 Å². The molecule has 0 saturated carbocycles. The first kappa shape index (κ1) is 14.4. The largest absolute Gasteiger partial charge is 0.380 e. The van der Waals surface area contributed by atoms with Crippen molar-refractivity contribution in [3.8, 4) is 0 Å². The normalized spacial score (nSPS) is 22.1. The van der Waals surface area contributed by atoms with E-state index >= 15 is 0 Å². The van der Waals surface area contributed by atoms with Crippen molar-refractivity contribution in [3.05, 3.63) is 35.4 Å². The van der Waals surface area contributed by atoms with Crippen molar-refractivity contribution in [2.24, 2.45) is 5.73 Å². The van der Waals surface area contributed by atoms with E-state index < -0.39 is 6.43 Å². The van der Waals surface area contributed by atoms with Gasteiger partial charge in [-0.1, -0.05) is 24.3 Å². The Morgan fingerprint density at radius 2 is 1.95 bits per heavy atom. The summed E-state index contributed by atoms with van der Waals surface area (Å²) in [5.74, 6) is 0. The molecule has 19 heavy (non-hydrogen) atoms. The first-order valence-corrected chi connectivity index (χ1v) is 6.50. The quantitative estimate of drug-likeness (QED) is 0.892. The molecule has 1 saturated heterocycles. The molecular weight excluding hydrogens is 250 g/mol. The number of rotatable bonds is 5. The SMILES string of the molecule is COC1CCN(C(CN)c2ccc(C(F)F)cc2)C1. The zero-order valence-corrected chi connectivity index (χ0v) is 11.1. The second-order valence-corrected chi connectivity index (χ2v) is 4.86. The van der Waals surface area contributed by atoms with Gasteiger partial charge in [-0.25, -0.2) is 8.78 Å². The van der Waals surface area contributed by atoms with Gasteiger partial charge in [0, 0.05) is 38.3 Å². The Hall–Kier alpha value is -1.04. The van der Waals surface area contributed by atoms with Crippen LogP contribution in [0.2, 0.25) is 0 Å². The van der Waals surface area contributed by atoms with Crippen LogP contribution in [0.4, 0.5) is 8.78 Å². The van der Waals surface area contributed by atoms with Crippen LogP contribution >= 0.6 is 0 Å². The van der Waals surface area contributed by atoms with Gasteiger partial charge < -0.3 is 10.5 Å². The number of likely N-dealkylation sites (tertiary alicyclic amines) is 1. The minimum absolute atomic E-state index is 0.0516. The van der Waals surface area contributed by atoms with Crippen LogP contribution < -0.4 is 5.73 Å². The third-order valence-electron chi connectivity index (χ3n) is 3.75. The second kappa shape index (κ2) is 6.41. The molecule has 0 aliphatic carbocycles. The Labute approximate surface area is 112 Å². The summed E-state index contributed by atoms with van der Waals surface area (Å²) in [4.78, 5) is 2.26. The summed E-state index contributed by atoms with van der Waals surface area (Å²) in [7, 11) is 1.71. The van der Waals surface area contributed by atoms with E-state index in [2.05, 4.69) is 4.90 Å². The highest BCUT2D eigenvalue weighted by Gasteiger charge is 2.28. The molecule has 0 bridgehead atoms. The Morgan fingerprint density at radius 3 is 2.42 bits per heavy atom. The van der Waals surface area contributed by atoms with E-state index in [0.717, 1.165) is 25.1 Å². The Kier molecular flexibility index (Phi) is 4.85. The summed E-state index contributed by atoms with van der Waals surface area (Å²) in [6.45, 7) is 2.25. The number of ether oxygens (including phenoxy) is 1. The molecule has 3 nitrogen and oxygen atoms in total. The Morgan fingerprint density at radius 1 is 1.32 bits per heavy atom. The molecule has 0 amide bonds. The third-order valence-corrected chi connectivity index (χ3v) is 3.75. The lowest BCUT2D eigenvalue weighted by molar-refractivity contribution is 0.101. The molecule has 106 valence electrons. The first-order chi connectivity index (χ1) is 9.15. The van der Waals surface area contributed by atoms with Gasteiger partial charge in [-0.15, -0.1) is 0 Å². The van der Waals surface area contributed by atoms with Crippen molar-refractivity contribution >= 4 is 0 Å². The molecule has 2 N–H and O–H groups in total. The van der Waals surface area contributed by atoms with Crippen LogP contribution in [-0.4, -0.2) is 37.7 Å². The average molecular weight is 270 g/mol. The van der Waals surface area contributed by atoms with E-state index in [0.29, 0.717) is 6.54 Å². The van der Waals surface area contributed by atoms with Crippen LogP contribution in [0.3, 0.4) is 0 Å². The van der Waals surface area contributed by atoms with Crippen LogP contribution in [0.5, 0.6) is 0 Å². The van der Waals surface area contributed by atoms with Crippen LogP contribution in [0.15, 0.2) is 24.3 Å². The van der Waals surface area contributed by atoms with Gasteiger partial charge in [-0.05, 0) is 12.0 Å². The maximum atomic E-state index is 12.5. The predicted octanol–water partition coefficient (Wildman–Crippen LogP) is 2.34. The third kappa shape index (κ3) is 3.29. The molecule has 5 heteroatoms. The van der Waals surface area contributed by atoms with Crippen molar-refractivity contribution in [2.45, 2.75) is 25.0 Å². The standard InChI is InChI=1S/C14H20F2N2O/c1-19-12-6-7-18(9-12)13(8-17)10-2-4-11(5-3-10)14(15)16/h2-5,12-14H,6-9,17H2,1H3. The maximum absolute atomic E-state index is 12.5. The number of methoxy groups -OCH3 is 1. The molecule has 0 spiro atoms. The van der Waals surface area contributed by atoms with E-state index in [9.17, 15) is 8.78 Å². The smallest absolute Gasteiger partial charge is 0.263 e. The number of hydrogen-bond donors (Lipinski definition) is 1. The number of nitrogens with zero attached hydrogens (tertiary/aromatic N) is 1. The lowest BCUT2D eigenvalue weighted by Crippen LogP contribution is -2.32. The minimum Gasteiger partial charge on any atom is -0.380 e. The van der Waals surface area contributed by atoms with Crippen molar-refractivity contribution in [1.82, 2.24) is 4.90 Å². The summed E-state index contributed by atoms with van der Waals surface area (Å²) < 4.78 is 30.4. The van der Waals surface area contributed by atoms with Gasteiger partial charge in [0.15, 0.2) is 0 Å². The van der Waals surface area contributed by atoms with Crippen molar-refractivity contribution in [1.29, 1.82) is 0 Å². The molecule has 1 fully saturated rings. The lowest BCUT2D eigenvalue weighted by Gasteiger charge is -2.27. The minimum atomic E-state index is -2.42. The number of benzene rings is 1. The summed E-state index contributed by atoms with van der Waals surface area (Å²) in [6.07, 6.45) is -1.19. The molecule has 1 heterocycles. The number of halogens is 2. The molecule has 2 unspecified atom stereocenters. The fraction of sp³-hybridized carbons (Fsp3) is 0.571. The molecule has 2 rings (SSSR count). The fourth-order valence-electron chi connectivity index (χ4n) is 2.59. The fourth-order valence-corrected chi connectivity index (χ4v) is 2.59. The first-order valence-electron chi connectivity index (χ1n) is 6.50. The van der Waals surface area contributed by atoms with E-state index in [-0.39, 0.29) is 17.7 Å². The van der Waals surface area contributed by atoms with Crippen molar-refractivity contribution in [3.63, 3.8) is 0 Å². The summed E-state index contributed by atoms with van der Waals surface area (Å²) in [5, 5.41) is 0. The molecule has 1 aromatic carbocycles. The van der Waals surface area contributed by atoms with Crippen molar-refractivity contribution < 1.29 is 13.5 Å². The van der Waals surface area contributed by atoms with E-state index in [1.165, 1.54) is 12.1 Å². The summed E-state index contributed by atoms with van der Waals surface area (Å²) >= 11 is 0. The Bertz CT molecular complexity index is 397. The zero-order chi connectivity index (χ0) is 13.8. The van der Waals surface area contributed by atoms with E-state index in [1.54, 1.807) is 19.2 Å². The van der Waals surface area contributed by atoms with Gasteiger partial charge in [-0.3, -0.25) is 4.90 Å². The van der Waals surface area contributed by atoms with Gasteiger partial charge in [0.25, 0.3) is 6.43 Å². The number of alkyl halides is 2. The predicted molar refractivity (Wildman–Crippen MR) is 70.2 cm³/mol. The van der Waals surface area contributed by atoms with Gasteiger partial charge in [0.2, 0.25) is 0 Å². The van der Waals surface area contributed by atoms with Gasteiger partial charge in [0.05, 0.1) is 6.10 Å². The van der Waals surface area contributed by atoms with Crippen LogP contribution in [0.25, 0.3) is 0 Å².